The topological polar surface area (TPSA) is 61.1 Å². The lowest BCUT2D eigenvalue weighted by atomic mass is 10.2. The summed E-state index contributed by atoms with van der Waals surface area (Å²) in [6.07, 6.45) is 1.79. The number of carbonyl (C=O) groups is 1. The number of rotatable bonds is 7. The molecule has 150 valence electrons. The molecule has 1 N–H and O–H groups in total. The SMILES string of the molecule is COCCn1c([C@H](C)NC(=O)Cn2ccc3ccc(F)cc32)nc2ccccc21. The first-order valence-corrected chi connectivity index (χ1v) is 9.54. The Morgan fingerprint density at radius 2 is 2.03 bits per heavy atom. The fourth-order valence-electron chi connectivity index (χ4n) is 3.64. The van der Waals surface area contributed by atoms with Crippen LogP contribution in [0.3, 0.4) is 0 Å². The van der Waals surface area contributed by atoms with E-state index < -0.39 is 0 Å². The highest BCUT2D eigenvalue weighted by atomic mass is 19.1. The van der Waals surface area contributed by atoms with Gasteiger partial charge in [0.15, 0.2) is 0 Å². The molecule has 4 aromatic rings. The number of fused-ring (bicyclic) bond motifs is 2. The second-order valence-electron chi connectivity index (χ2n) is 7.04. The molecule has 0 fully saturated rings. The molecule has 0 saturated carbocycles. The third kappa shape index (κ3) is 3.86. The van der Waals surface area contributed by atoms with Crippen LogP contribution in [-0.4, -0.2) is 33.7 Å². The van der Waals surface area contributed by atoms with Crippen molar-refractivity contribution in [2.24, 2.45) is 0 Å². The molecule has 29 heavy (non-hydrogen) atoms. The number of methoxy groups -OCH3 is 1. The van der Waals surface area contributed by atoms with Gasteiger partial charge in [-0.2, -0.15) is 0 Å². The van der Waals surface area contributed by atoms with E-state index in [9.17, 15) is 9.18 Å². The van der Waals surface area contributed by atoms with E-state index in [1.165, 1.54) is 12.1 Å². The highest BCUT2D eigenvalue weighted by molar-refractivity contribution is 5.83. The number of imidazole rings is 1. The predicted octanol–water partition coefficient (Wildman–Crippen LogP) is 3.65. The van der Waals surface area contributed by atoms with Crippen molar-refractivity contribution in [2.45, 2.75) is 26.1 Å². The first kappa shape index (κ1) is 19.1. The van der Waals surface area contributed by atoms with Gasteiger partial charge >= 0.3 is 0 Å². The number of hydrogen-bond acceptors (Lipinski definition) is 3. The van der Waals surface area contributed by atoms with E-state index in [-0.39, 0.29) is 24.3 Å². The molecule has 1 amide bonds. The summed E-state index contributed by atoms with van der Waals surface area (Å²) >= 11 is 0. The van der Waals surface area contributed by atoms with Crippen LogP contribution in [0.15, 0.2) is 54.7 Å². The molecule has 0 spiro atoms. The normalized spacial score (nSPS) is 12.5. The molecule has 0 saturated heterocycles. The molecule has 0 radical (unpaired) electrons. The van der Waals surface area contributed by atoms with E-state index in [1.807, 2.05) is 37.3 Å². The van der Waals surface area contributed by atoms with E-state index in [4.69, 9.17) is 9.72 Å². The average molecular weight is 394 g/mol. The van der Waals surface area contributed by atoms with Crippen molar-refractivity contribution in [1.82, 2.24) is 19.4 Å². The number of halogens is 1. The molecule has 0 aliphatic rings. The molecular formula is C22H23FN4O2. The largest absolute Gasteiger partial charge is 0.383 e. The van der Waals surface area contributed by atoms with Gasteiger partial charge in [0.05, 0.1) is 29.2 Å². The van der Waals surface area contributed by atoms with Gasteiger partial charge in [-0.3, -0.25) is 4.79 Å². The lowest BCUT2D eigenvalue weighted by Crippen LogP contribution is -2.31. The zero-order valence-corrected chi connectivity index (χ0v) is 16.4. The summed E-state index contributed by atoms with van der Waals surface area (Å²) in [7, 11) is 1.66. The minimum atomic E-state index is -0.321. The molecule has 2 aromatic carbocycles. The van der Waals surface area contributed by atoms with Crippen LogP contribution < -0.4 is 5.32 Å². The van der Waals surface area contributed by atoms with Gasteiger partial charge in [0, 0.05) is 19.9 Å². The van der Waals surface area contributed by atoms with Crippen LogP contribution in [0.25, 0.3) is 21.9 Å². The molecule has 0 unspecified atom stereocenters. The number of nitrogens with zero attached hydrogens (tertiary/aromatic N) is 3. The Balaban J connectivity index is 1.54. The molecular weight excluding hydrogens is 371 g/mol. The lowest BCUT2D eigenvalue weighted by Gasteiger charge is -2.16. The molecule has 1 atom stereocenters. The summed E-state index contributed by atoms with van der Waals surface area (Å²) in [6, 6.07) is 14.0. The van der Waals surface area contributed by atoms with Crippen LogP contribution >= 0.6 is 0 Å². The van der Waals surface area contributed by atoms with Crippen LogP contribution in [0.4, 0.5) is 4.39 Å². The minimum absolute atomic E-state index is 0.107. The summed E-state index contributed by atoms with van der Waals surface area (Å²) in [6.45, 7) is 3.22. The van der Waals surface area contributed by atoms with Crippen LogP contribution in [0.1, 0.15) is 18.8 Å². The van der Waals surface area contributed by atoms with Crippen molar-refractivity contribution >= 4 is 27.8 Å². The van der Waals surface area contributed by atoms with E-state index in [0.717, 1.165) is 22.2 Å². The second kappa shape index (κ2) is 8.05. The maximum absolute atomic E-state index is 13.6. The quantitative estimate of drug-likeness (QED) is 0.520. The van der Waals surface area contributed by atoms with Gasteiger partial charge in [0.1, 0.15) is 18.2 Å². The highest BCUT2D eigenvalue weighted by Crippen LogP contribution is 2.21. The van der Waals surface area contributed by atoms with Crippen molar-refractivity contribution in [2.75, 3.05) is 13.7 Å². The summed E-state index contributed by atoms with van der Waals surface area (Å²) < 4.78 is 22.6. The van der Waals surface area contributed by atoms with E-state index >= 15 is 0 Å². The number of hydrogen-bond donors (Lipinski definition) is 1. The standard InChI is InChI=1S/C22H23FN4O2/c1-15(22-25-18-5-3-4-6-19(18)27(22)11-12-29-2)24-21(28)14-26-10-9-16-7-8-17(23)13-20(16)26/h3-10,13,15H,11-12,14H2,1-2H3,(H,24,28)/t15-/m0/s1. The number of para-hydroxylation sites is 2. The summed E-state index contributed by atoms with van der Waals surface area (Å²) in [5, 5.41) is 3.91. The number of carbonyl (C=O) groups excluding carboxylic acids is 1. The van der Waals surface area contributed by atoms with Crippen LogP contribution in [-0.2, 0) is 22.6 Å². The molecule has 2 heterocycles. The molecule has 4 rings (SSSR count). The minimum Gasteiger partial charge on any atom is -0.383 e. The Morgan fingerprint density at radius 1 is 1.21 bits per heavy atom. The fraction of sp³-hybridized carbons (Fsp3) is 0.273. The number of benzene rings is 2. The number of nitrogens with one attached hydrogen (secondary N) is 1. The van der Waals surface area contributed by atoms with Crippen LogP contribution in [0.5, 0.6) is 0 Å². The van der Waals surface area contributed by atoms with Gasteiger partial charge in [-0.1, -0.05) is 12.1 Å². The predicted molar refractivity (Wildman–Crippen MR) is 110 cm³/mol. The first-order chi connectivity index (χ1) is 14.1. The molecule has 6 nitrogen and oxygen atoms in total. The van der Waals surface area contributed by atoms with Crippen molar-refractivity contribution in [1.29, 1.82) is 0 Å². The summed E-state index contributed by atoms with van der Waals surface area (Å²) in [5.74, 6) is 0.294. The van der Waals surface area contributed by atoms with E-state index in [1.54, 1.807) is 23.9 Å². The van der Waals surface area contributed by atoms with Crippen molar-refractivity contribution in [3.8, 4) is 0 Å². The van der Waals surface area contributed by atoms with Crippen LogP contribution in [0, 0.1) is 5.82 Å². The smallest absolute Gasteiger partial charge is 0.240 e. The van der Waals surface area contributed by atoms with Gasteiger partial charge in [0.25, 0.3) is 0 Å². The number of ether oxygens (including phenoxy) is 1. The monoisotopic (exact) mass is 394 g/mol. The van der Waals surface area contributed by atoms with Gasteiger partial charge in [0.2, 0.25) is 5.91 Å². The second-order valence-corrected chi connectivity index (χ2v) is 7.04. The maximum Gasteiger partial charge on any atom is 0.240 e. The Labute approximate surface area is 167 Å². The van der Waals surface area contributed by atoms with Gasteiger partial charge in [-0.15, -0.1) is 0 Å². The Hall–Kier alpha value is -3.19. The van der Waals surface area contributed by atoms with E-state index in [0.29, 0.717) is 18.7 Å². The zero-order valence-electron chi connectivity index (χ0n) is 16.4. The third-order valence-electron chi connectivity index (χ3n) is 5.02. The zero-order chi connectivity index (χ0) is 20.4. The Kier molecular flexibility index (Phi) is 5.31. The average Bonchev–Trinajstić information content (AvgIpc) is 3.27. The summed E-state index contributed by atoms with van der Waals surface area (Å²) in [4.78, 5) is 17.4. The van der Waals surface area contributed by atoms with Crippen LogP contribution in [0.2, 0.25) is 0 Å². The molecule has 7 heteroatoms. The highest BCUT2D eigenvalue weighted by Gasteiger charge is 2.18. The van der Waals surface area contributed by atoms with Crippen molar-refractivity contribution in [3.63, 3.8) is 0 Å². The van der Waals surface area contributed by atoms with Gasteiger partial charge in [-0.25, -0.2) is 9.37 Å². The lowest BCUT2D eigenvalue weighted by molar-refractivity contribution is -0.122. The van der Waals surface area contributed by atoms with Gasteiger partial charge in [-0.05, 0) is 48.7 Å². The van der Waals surface area contributed by atoms with Crippen molar-refractivity contribution in [3.05, 3.63) is 66.4 Å². The Bertz CT molecular complexity index is 1160. The van der Waals surface area contributed by atoms with E-state index in [2.05, 4.69) is 9.88 Å². The molecule has 0 bridgehead atoms. The Morgan fingerprint density at radius 3 is 2.86 bits per heavy atom. The number of aromatic nitrogens is 3. The fourth-order valence-corrected chi connectivity index (χ4v) is 3.64. The number of amides is 1. The first-order valence-electron chi connectivity index (χ1n) is 9.54. The van der Waals surface area contributed by atoms with Crippen molar-refractivity contribution < 1.29 is 13.9 Å². The molecule has 0 aliphatic heterocycles. The van der Waals surface area contributed by atoms with Gasteiger partial charge < -0.3 is 19.2 Å². The third-order valence-corrected chi connectivity index (χ3v) is 5.02. The maximum atomic E-state index is 13.6. The molecule has 0 aliphatic carbocycles. The molecule has 2 aromatic heterocycles. The summed E-state index contributed by atoms with van der Waals surface area (Å²) in [5.41, 5.74) is 2.58.